The molecule has 8 nitrogen and oxygen atoms in total. The maximum Gasteiger partial charge on any atom is 0.277 e. The van der Waals surface area contributed by atoms with Gasteiger partial charge in [-0.3, -0.25) is 0 Å². The zero-order valence-electron chi connectivity index (χ0n) is 16.6. The third-order valence-electron chi connectivity index (χ3n) is 5.27. The average Bonchev–Trinajstić information content (AvgIpc) is 2.94. The predicted octanol–water partition coefficient (Wildman–Crippen LogP) is 1.79. The maximum absolute atomic E-state index is 11.9. The molecule has 0 atom stereocenters. The fourth-order valence-electron chi connectivity index (χ4n) is 4.02. The van der Waals surface area contributed by atoms with Gasteiger partial charge in [-0.1, -0.05) is 13.8 Å². The Morgan fingerprint density at radius 3 is 2.48 bits per heavy atom. The zero-order valence-corrected chi connectivity index (χ0v) is 17.5. The largest absolute Gasteiger partial charge is 0.355 e. The summed E-state index contributed by atoms with van der Waals surface area (Å²) in [5.41, 5.74) is 3.39. The first-order valence-electron chi connectivity index (χ1n) is 9.66. The molecule has 1 saturated heterocycles. The van der Waals surface area contributed by atoms with Gasteiger partial charge in [0.25, 0.3) is 10.2 Å². The van der Waals surface area contributed by atoms with Crippen LogP contribution in [0.2, 0.25) is 0 Å². The first-order chi connectivity index (χ1) is 12.8. The average molecular weight is 395 g/mol. The molecule has 0 aliphatic carbocycles. The lowest BCUT2D eigenvalue weighted by Gasteiger charge is -2.37. The summed E-state index contributed by atoms with van der Waals surface area (Å²) in [6.07, 6.45) is 3.15. The van der Waals surface area contributed by atoms with E-state index in [4.69, 9.17) is 10.1 Å². The van der Waals surface area contributed by atoms with Crippen molar-refractivity contribution < 1.29 is 8.42 Å². The first-order valence-corrected chi connectivity index (χ1v) is 11.2. The molecule has 0 unspecified atom stereocenters. The number of anilines is 1. The van der Waals surface area contributed by atoms with Crippen LogP contribution in [0.5, 0.6) is 0 Å². The molecule has 3 rings (SSSR count). The van der Waals surface area contributed by atoms with Crippen molar-refractivity contribution in [2.45, 2.75) is 59.4 Å². The van der Waals surface area contributed by atoms with Crippen molar-refractivity contribution in [1.29, 1.82) is 0 Å². The minimum atomic E-state index is -3.67. The van der Waals surface area contributed by atoms with Crippen LogP contribution in [0, 0.1) is 13.8 Å². The Morgan fingerprint density at radius 1 is 1.26 bits per heavy atom. The van der Waals surface area contributed by atoms with E-state index in [1.54, 1.807) is 0 Å². The van der Waals surface area contributed by atoms with Gasteiger partial charge in [0.1, 0.15) is 11.3 Å². The van der Waals surface area contributed by atoms with E-state index in [-0.39, 0.29) is 6.04 Å². The molecule has 9 heteroatoms. The number of nitrogens with zero attached hydrogens (tertiary/aromatic N) is 5. The standard InChI is InChI=1S/C18H30N6O2S/c1-5-9-23(27(19,25)26)16-7-10-22(11-8-16)18-17-13(3)12-15(6-2)24(17)21-14(4)20-18/h12,16H,5-11H2,1-4H3,(H2,19,25,26). The van der Waals surface area contributed by atoms with Crippen molar-refractivity contribution in [1.82, 2.24) is 18.9 Å². The van der Waals surface area contributed by atoms with E-state index in [9.17, 15) is 8.42 Å². The molecule has 1 aliphatic rings. The van der Waals surface area contributed by atoms with Crippen molar-refractivity contribution in [3.8, 4) is 0 Å². The summed E-state index contributed by atoms with van der Waals surface area (Å²) in [5, 5.41) is 10.0. The molecule has 3 heterocycles. The summed E-state index contributed by atoms with van der Waals surface area (Å²) in [7, 11) is -3.67. The van der Waals surface area contributed by atoms with E-state index in [1.807, 2.05) is 18.4 Å². The molecule has 0 aromatic carbocycles. The smallest absolute Gasteiger partial charge is 0.277 e. The second kappa shape index (κ2) is 7.73. The maximum atomic E-state index is 11.9. The topological polar surface area (TPSA) is 96.8 Å². The highest BCUT2D eigenvalue weighted by Crippen LogP contribution is 2.29. The van der Waals surface area contributed by atoms with Crippen LogP contribution < -0.4 is 10.0 Å². The van der Waals surface area contributed by atoms with Crippen molar-refractivity contribution >= 4 is 21.5 Å². The summed E-state index contributed by atoms with van der Waals surface area (Å²) in [6.45, 7) is 10.1. The Bertz CT molecular complexity index is 916. The fourth-order valence-corrected chi connectivity index (χ4v) is 5.09. The number of piperidine rings is 1. The Kier molecular flexibility index (Phi) is 5.73. The second-order valence-corrected chi connectivity index (χ2v) is 8.79. The molecule has 1 aliphatic heterocycles. The SMILES string of the molecule is CCCN(C1CCN(c2nc(C)nn3c(CC)cc(C)c23)CC1)S(N)(=O)=O. The van der Waals surface area contributed by atoms with Crippen molar-refractivity contribution in [3.63, 3.8) is 0 Å². The highest BCUT2D eigenvalue weighted by atomic mass is 32.2. The molecular weight excluding hydrogens is 364 g/mol. The van der Waals surface area contributed by atoms with Crippen molar-refractivity contribution in [2.24, 2.45) is 5.14 Å². The van der Waals surface area contributed by atoms with Gasteiger partial charge in [0.05, 0.1) is 0 Å². The van der Waals surface area contributed by atoms with E-state index >= 15 is 0 Å². The van der Waals surface area contributed by atoms with E-state index in [2.05, 4.69) is 29.9 Å². The lowest BCUT2D eigenvalue weighted by molar-refractivity contribution is 0.274. The van der Waals surface area contributed by atoms with Gasteiger partial charge >= 0.3 is 0 Å². The summed E-state index contributed by atoms with van der Waals surface area (Å²) in [5.74, 6) is 1.68. The number of hydrogen-bond acceptors (Lipinski definition) is 5. The van der Waals surface area contributed by atoms with Crippen molar-refractivity contribution in [2.75, 3.05) is 24.5 Å². The van der Waals surface area contributed by atoms with Crippen LogP contribution in [0.4, 0.5) is 5.82 Å². The molecule has 0 spiro atoms. The number of nitrogens with two attached hydrogens (primary N) is 1. The van der Waals surface area contributed by atoms with Gasteiger partial charge < -0.3 is 4.90 Å². The van der Waals surface area contributed by atoms with E-state index in [0.29, 0.717) is 6.54 Å². The molecule has 27 heavy (non-hydrogen) atoms. The predicted molar refractivity (Wildman–Crippen MR) is 107 cm³/mol. The molecular formula is C18H30N6O2S. The highest BCUT2D eigenvalue weighted by Gasteiger charge is 2.31. The Morgan fingerprint density at radius 2 is 1.93 bits per heavy atom. The molecule has 2 N–H and O–H groups in total. The lowest BCUT2D eigenvalue weighted by Crippen LogP contribution is -2.50. The van der Waals surface area contributed by atoms with Crippen LogP contribution >= 0.6 is 0 Å². The van der Waals surface area contributed by atoms with Crippen LogP contribution in [0.15, 0.2) is 6.07 Å². The monoisotopic (exact) mass is 394 g/mol. The molecule has 0 radical (unpaired) electrons. The zero-order chi connectivity index (χ0) is 19.8. The van der Waals surface area contributed by atoms with Gasteiger partial charge in [0.15, 0.2) is 5.82 Å². The molecule has 0 amide bonds. The van der Waals surface area contributed by atoms with Gasteiger partial charge in [-0.15, -0.1) is 0 Å². The second-order valence-electron chi connectivity index (χ2n) is 7.29. The van der Waals surface area contributed by atoms with E-state index in [0.717, 1.165) is 55.9 Å². The molecule has 2 aromatic rings. The van der Waals surface area contributed by atoms with Crippen LogP contribution in [-0.4, -0.2) is 53.0 Å². The van der Waals surface area contributed by atoms with E-state index in [1.165, 1.54) is 15.6 Å². The lowest BCUT2D eigenvalue weighted by atomic mass is 10.0. The third-order valence-corrected chi connectivity index (χ3v) is 6.40. The number of fused-ring (bicyclic) bond motifs is 1. The van der Waals surface area contributed by atoms with Gasteiger partial charge in [-0.25, -0.2) is 14.6 Å². The van der Waals surface area contributed by atoms with Crippen LogP contribution in [0.25, 0.3) is 5.52 Å². The van der Waals surface area contributed by atoms with Gasteiger partial charge in [-0.05, 0) is 51.2 Å². The quantitative estimate of drug-likeness (QED) is 0.806. The summed E-state index contributed by atoms with van der Waals surface area (Å²) in [4.78, 5) is 6.98. The molecule has 150 valence electrons. The molecule has 0 bridgehead atoms. The Hall–Kier alpha value is -1.71. The Labute approximate surface area is 161 Å². The molecule has 0 saturated carbocycles. The summed E-state index contributed by atoms with van der Waals surface area (Å²) >= 11 is 0. The first kappa shape index (κ1) is 20.0. The van der Waals surface area contributed by atoms with Gasteiger partial charge in [0, 0.05) is 31.4 Å². The highest BCUT2D eigenvalue weighted by molar-refractivity contribution is 7.86. The molecule has 1 fully saturated rings. The molecule has 2 aromatic heterocycles. The summed E-state index contributed by atoms with van der Waals surface area (Å²) < 4.78 is 27.3. The van der Waals surface area contributed by atoms with Crippen LogP contribution in [0.3, 0.4) is 0 Å². The Balaban J connectivity index is 1.87. The minimum absolute atomic E-state index is 0.0470. The fraction of sp³-hybridized carbons (Fsp3) is 0.667. The number of rotatable bonds is 6. The number of aryl methyl sites for hydroxylation is 3. The summed E-state index contributed by atoms with van der Waals surface area (Å²) in [6, 6.07) is 2.12. The normalized spacial score (nSPS) is 16.6. The van der Waals surface area contributed by atoms with E-state index < -0.39 is 10.2 Å². The van der Waals surface area contributed by atoms with Gasteiger partial charge in [0.2, 0.25) is 0 Å². The van der Waals surface area contributed by atoms with Crippen LogP contribution in [0.1, 0.15) is 50.2 Å². The van der Waals surface area contributed by atoms with Crippen molar-refractivity contribution in [3.05, 3.63) is 23.1 Å². The van der Waals surface area contributed by atoms with Gasteiger partial charge in [-0.2, -0.15) is 17.8 Å². The van der Waals surface area contributed by atoms with Crippen LogP contribution in [-0.2, 0) is 16.6 Å². The minimum Gasteiger partial charge on any atom is -0.355 e. The number of hydrogen-bond donors (Lipinski definition) is 1. The third kappa shape index (κ3) is 3.95. The number of aromatic nitrogens is 3.